The zero-order valence-corrected chi connectivity index (χ0v) is 24.9. The van der Waals surface area contributed by atoms with E-state index in [4.69, 9.17) is 21.1 Å². The Hall–Kier alpha value is -3.58. The highest BCUT2D eigenvalue weighted by Gasteiger charge is 2.49. The first-order chi connectivity index (χ1) is 19.3. The summed E-state index contributed by atoms with van der Waals surface area (Å²) in [5.41, 5.74) is 3.24. The fraction of sp³-hybridized carbons (Fsp3) is 0.424. The molecule has 0 spiro atoms. The molecule has 1 aliphatic heterocycles. The van der Waals surface area contributed by atoms with Crippen molar-refractivity contribution in [3.8, 4) is 11.5 Å². The summed E-state index contributed by atoms with van der Waals surface area (Å²) in [4.78, 5) is 41.6. The minimum absolute atomic E-state index is 0.0830. The first-order valence-corrected chi connectivity index (χ1v) is 14.2. The number of Topliss-reactive ketones (excluding diaryl/α,β-unsaturated/α-hetero) is 2. The Bertz CT molecular complexity index is 1430. The highest BCUT2D eigenvalue weighted by Crippen LogP contribution is 2.55. The van der Waals surface area contributed by atoms with Crippen LogP contribution in [-0.4, -0.2) is 41.2 Å². The lowest BCUT2D eigenvalue weighted by molar-refractivity contribution is -0.138. The van der Waals surface area contributed by atoms with E-state index in [2.05, 4.69) is 0 Å². The second-order valence-corrected chi connectivity index (χ2v) is 13.2. The van der Waals surface area contributed by atoms with Gasteiger partial charge in [-0.1, -0.05) is 69.6 Å². The molecule has 1 N–H and O–H groups in total. The van der Waals surface area contributed by atoms with Crippen molar-refractivity contribution >= 4 is 29.1 Å². The standard InChI is InChI=1S/C33H36ClNO6/c1-32(2)13-22-29(24(36)15-32)28(30-23(35(22)17-27(38)39)14-33(3,4)16-25(30)37)20-11-21(34)31(26(12-20)40-5)41-18-19-9-7-6-8-10-19/h6-12,28H,13-18H2,1-5H3,(H,38,39). The maximum absolute atomic E-state index is 13.9. The normalized spacial score (nSPS) is 20.1. The molecule has 0 unspecified atom stereocenters. The van der Waals surface area contributed by atoms with Crippen LogP contribution in [0.4, 0.5) is 0 Å². The molecule has 3 aliphatic rings. The molecule has 41 heavy (non-hydrogen) atoms. The third kappa shape index (κ3) is 5.65. The molecule has 8 heteroatoms. The van der Waals surface area contributed by atoms with Gasteiger partial charge in [-0.2, -0.15) is 0 Å². The van der Waals surface area contributed by atoms with Crippen LogP contribution in [0.3, 0.4) is 0 Å². The van der Waals surface area contributed by atoms with Crippen molar-refractivity contribution in [1.29, 1.82) is 0 Å². The Kier molecular flexibility index (Phi) is 7.53. The average Bonchev–Trinajstić information content (AvgIpc) is 2.87. The van der Waals surface area contributed by atoms with Gasteiger partial charge in [-0.05, 0) is 46.9 Å². The summed E-state index contributed by atoms with van der Waals surface area (Å²) in [6, 6.07) is 13.2. The summed E-state index contributed by atoms with van der Waals surface area (Å²) in [5, 5.41) is 10.2. The van der Waals surface area contributed by atoms with Gasteiger partial charge in [0.15, 0.2) is 23.1 Å². The van der Waals surface area contributed by atoms with Gasteiger partial charge in [-0.15, -0.1) is 0 Å². The van der Waals surface area contributed by atoms with Gasteiger partial charge in [0, 0.05) is 41.3 Å². The van der Waals surface area contributed by atoms with E-state index in [9.17, 15) is 19.5 Å². The van der Waals surface area contributed by atoms with Crippen LogP contribution in [0.15, 0.2) is 65.0 Å². The topological polar surface area (TPSA) is 93.1 Å². The SMILES string of the molecule is COc1cc(C2C3=C(CC(C)(C)CC3=O)N(CC(=O)O)C3=C2C(=O)CC(C)(C)C3)cc(Cl)c1OCc1ccccc1. The van der Waals surface area contributed by atoms with Crippen molar-refractivity contribution < 1.29 is 29.0 Å². The molecule has 0 aromatic heterocycles. The lowest BCUT2D eigenvalue weighted by Crippen LogP contribution is -2.45. The third-order valence-electron chi connectivity index (χ3n) is 8.13. The number of aliphatic carboxylic acids is 1. The minimum Gasteiger partial charge on any atom is -0.493 e. The molecular formula is C33H36ClNO6. The molecule has 0 atom stereocenters. The molecule has 5 rings (SSSR count). The summed E-state index contributed by atoms with van der Waals surface area (Å²) in [6.45, 7) is 8.04. The first kappa shape index (κ1) is 28.9. The number of hydrogen-bond acceptors (Lipinski definition) is 6. The van der Waals surface area contributed by atoms with Gasteiger partial charge in [-0.3, -0.25) is 14.4 Å². The number of halogens is 1. The molecule has 2 aliphatic carbocycles. The fourth-order valence-electron chi connectivity index (χ4n) is 6.48. The molecule has 1 heterocycles. The fourth-order valence-corrected chi connectivity index (χ4v) is 6.76. The Labute approximate surface area is 245 Å². The predicted octanol–water partition coefficient (Wildman–Crippen LogP) is 6.70. The number of carbonyl (C=O) groups is 3. The lowest BCUT2D eigenvalue weighted by atomic mass is 9.63. The number of allylic oxidation sites excluding steroid dienone is 4. The quantitative estimate of drug-likeness (QED) is 0.391. The summed E-state index contributed by atoms with van der Waals surface area (Å²) in [5.74, 6) is -1.08. The van der Waals surface area contributed by atoms with E-state index in [0.29, 0.717) is 70.3 Å². The number of carboxylic acids is 1. The highest BCUT2D eigenvalue weighted by atomic mass is 35.5. The van der Waals surface area contributed by atoms with Crippen LogP contribution >= 0.6 is 11.6 Å². The molecule has 2 aromatic carbocycles. The number of carboxylic acid groups (broad SMARTS) is 1. The third-order valence-corrected chi connectivity index (χ3v) is 8.41. The Morgan fingerprint density at radius 2 is 1.51 bits per heavy atom. The van der Waals surface area contributed by atoms with E-state index in [1.54, 1.807) is 17.0 Å². The molecule has 0 radical (unpaired) electrons. The van der Waals surface area contributed by atoms with Gasteiger partial charge in [-0.25, -0.2) is 0 Å². The predicted molar refractivity (Wildman–Crippen MR) is 156 cm³/mol. The second-order valence-electron chi connectivity index (χ2n) is 12.8. The van der Waals surface area contributed by atoms with Crippen molar-refractivity contribution in [2.75, 3.05) is 13.7 Å². The van der Waals surface area contributed by atoms with Gasteiger partial charge < -0.3 is 19.5 Å². The van der Waals surface area contributed by atoms with E-state index in [-0.39, 0.29) is 35.5 Å². The Balaban J connectivity index is 1.68. The molecule has 0 bridgehead atoms. The molecule has 216 valence electrons. The molecule has 2 aromatic rings. The molecule has 0 fully saturated rings. The van der Waals surface area contributed by atoms with Crippen LogP contribution in [0, 0.1) is 10.8 Å². The number of rotatable bonds is 7. The van der Waals surface area contributed by atoms with E-state index >= 15 is 0 Å². The summed E-state index contributed by atoms with van der Waals surface area (Å²) in [7, 11) is 1.53. The molecule has 0 saturated heterocycles. The Morgan fingerprint density at radius 1 is 0.951 bits per heavy atom. The van der Waals surface area contributed by atoms with Crippen LogP contribution in [0.25, 0.3) is 0 Å². The first-order valence-electron chi connectivity index (χ1n) is 13.9. The van der Waals surface area contributed by atoms with Crippen molar-refractivity contribution in [2.24, 2.45) is 10.8 Å². The monoisotopic (exact) mass is 577 g/mol. The van der Waals surface area contributed by atoms with Crippen LogP contribution in [-0.2, 0) is 21.0 Å². The average molecular weight is 578 g/mol. The van der Waals surface area contributed by atoms with E-state index in [1.165, 1.54) is 7.11 Å². The summed E-state index contributed by atoms with van der Waals surface area (Å²) < 4.78 is 11.8. The number of nitrogens with zero attached hydrogens (tertiary/aromatic N) is 1. The molecule has 7 nitrogen and oxygen atoms in total. The van der Waals surface area contributed by atoms with Crippen LogP contribution in [0.1, 0.15) is 70.4 Å². The molecule has 0 saturated carbocycles. The van der Waals surface area contributed by atoms with Crippen molar-refractivity contribution in [2.45, 2.75) is 65.9 Å². The van der Waals surface area contributed by atoms with E-state index in [0.717, 1.165) is 5.56 Å². The summed E-state index contributed by atoms with van der Waals surface area (Å²) >= 11 is 6.81. The highest BCUT2D eigenvalue weighted by molar-refractivity contribution is 6.32. The minimum atomic E-state index is -1.02. The largest absolute Gasteiger partial charge is 0.493 e. The number of benzene rings is 2. The second kappa shape index (κ2) is 10.7. The number of ether oxygens (including phenoxy) is 2. The Morgan fingerprint density at radius 3 is 2.02 bits per heavy atom. The van der Waals surface area contributed by atoms with Crippen molar-refractivity contribution in [1.82, 2.24) is 4.90 Å². The number of methoxy groups -OCH3 is 1. The number of hydrogen-bond donors (Lipinski definition) is 1. The van der Waals surface area contributed by atoms with Gasteiger partial charge in [0.1, 0.15) is 13.2 Å². The summed E-state index contributed by atoms with van der Waals surface area (Å²) in [6.07, 6.45) is 1.64. The molecular weight excluding hydrogens is 542 g/mol. The van der Waals surface area contributed by atoms with Crippen LogP contribution in [0.2, 0.25) is 5.02 Å². The van der Waals surface area contributed by atoms with Gasteiger partial charge in [0.2, 0.25) is 0 Å². The van der Waals surface area contributed by atoms with Gasteiger partial charge in [0.25, 0.3) is 0 Å². The number of carbonyl (C=O) groups excluding carboxylic acids is 2. The maximum Gasteiger partial charge on any atom is 0.323 e. The lowest BCUT2D eigenvalue weighted by Gasteiger charge is -2.48. The molecule has 0 amide bonds. The van der Waals surface area contributed by atoms with Gasteiger partial charge in [0.05, 0.1) is 12.1 Å². The van der Waals surface area contributed by atoms with Crippen molar-refractivity contribution in [3.63, 3.8) is 0 Å². The zero-order chi connectivity index (χ0) is 29.7. The van der Waals surface area contributed by atoms with E-state index in [1.807, 2.05) is 58.0 Å². The maximum atomic E-state index is 13.9. The van der Waals surface area contributed by atoms with Crippen LogP contribution in [0.5, 0.6) is 11.5 Å². The zero-order valence-electron chi connectivity index (χ0n) is 24.2. The van der Waals surface area contributed by atoms with E-state index < -0.39 is 11.9 Å². The van der Waals surface area contributed by atoms with Crippen molar-refractivity contribution in [3.05, 3.63) is 81.2 Å². The smallest absolute Gasteiger partial charge is 0.323 e. The van der Waals surface area contributed by atoms with Crippen LogP contribution < -0.4 is 9.47 Å². The van der Waals surface area contributed by atoms with Gasteiger partial charge >= 0.3 is 5.97 Å². The number of ketones is 2.